The minimum absolute atomic E-state index is 0.771. The molecule has 2 rings (SSSR count). The second-order valence-corrected chi connectivity index (χ2v) is 6.03. The van der Waals surface area contributed by atoms with Crippen molar-refractivity contribution >= 4 is 0 Å². The van der Waals surface area contributed by atoms with E-state index in [-0.39, 0.29) is 0 Å². The lowest BCUT2D eigenvalue weighted by atomic mass is 9.98. The largest absolute Gasteiger partial charge is 0.317 e. The normalized spacial score (nSPS) is 28.0. The topological polar surface area (TPSA) is 18.5 Å². The summed E-state index contributed by atoms with van der Waals surface area (Å²) in [6.07, 6.45) is 6.97. The molecule has 1 N–H and O–H groups in total. The molecular weight excluding hydrogens is 222 g/mol. The molecule has 0 radical (unpaired) electrons. The highest BCUT2D eigenvalue weighted by atomic mass is 15.3. The predicted octanol–water partition coefficient (Wildman–Crippen LogP) is 1.93. The van der Waals surface area contributed by atoms with Gasteiger partial charge in [0.15, 0.2) is 0 Å². The van der Waals surface area contributed by atoms with E-state index in [0.29, 0.717) is 0 Å². The van der Waals surface area contributed by atoms with Gasteiger partial charge in [0, 0.05) is 31.7 Å². The lowest BCUT2D eigenvalue weighted by Crippen LogP contribution is -2.56. The number of nitrogens with one attached hydrogen (secondary N) is 1. The van der Waals surface area contributed by atoms with Crippen LogP contribution in [0.3, 0.4) is 0 Å². The highest BCUT2D eigenvalue weighted by Gasteiger charge is 2.30. The number of fused-ring (bicyclic) bond motifs is 1. The highest BCUT2D eigenvalue weighted by molar-refractivity contribution is 4.86. The molecule has 2 aliphatic heterocycles. The van der Waals surface area contributed by atoms with Crippen LogP contribution in [-0.2, 0) is 0 Å². The Labute approximate surface area is 113 Å². The van der Waals surface area contributed by atoms with E-state index in [9.17, 15) is 0 Å². The first-order valence-electron chi connectivity index (χ1n) is 8.00. The van der Waals surface area contributed by atoms with Gasteiger partial charge in [0.25, 0.3) is 0 Å². The van der Waals surface area contributed by atoms with E-state index in [2.05, 4.69) is 29.0 Å². The van der Waals surface area contributed by atoms with Crippen molar-refractivity contribution in [3.05, 3.63) is 0 Å². The van der Waals surface area contributed by atoms with Crippen molar-refractivity contribution in [3.8, 4) is 0 Å². The van der Waals surface area contributed by atoms with Crippen molar-refractivity contribution in [2.75, 3.05) is 39.3 Å². The summed E-state index contributed by atoms with van der Waals surface area (Å²) in [5.41, 5.74) is 0. The molecule has 2 aliphatic rings. The average molecular weight is 253 g/mol. The van der Waals surface area contributed by atoms with Crippen molar-refractivity contribution < 1.29 is 0 Å². The van der Waals surface area contributed by atoms with Crippen LogP contribution in [0.2, 0.25) is 0 Å². The Morgan fingerprint density at radius 2 is 2.11 bits per heavy atom. The zero-order valence-electron chi connectivity index (χ0n) is 12.3. The fourth-order valence-electron chi connectivity index (χ4n) is 3.46. The molecule has 0 aliphatic carbocycles. The molecule has 0 amide bonds. The number of piperazine rings is 1. The number of rotatable bonds is 6. The van der Waals surface area contributed by atoms with Gasteiger partial charge in [-0.15, -0.1) is 0 Å². The molecule has 3 nitrogen and oxygen atoms in total. The lowest BCUT2D eigenvalue weighted by Gasteiger charge is -2.46. The Balaban J connectivity index is 1.69. The Bertz CT molecular complexity index is 232. The molecule has 2 fully saturated rings. The second-order valence-electron chi connectivity index (χ2n) is 6.03. The second kappa shape index (κ2) is 7.46. The maximum Gasteiger partial charge on any atom is 0.0223 e. The first-order valence-corrected chi connectivity index (χ1v) is 8.00. The van der Waals surface area contributed by atoms with Gasteiger partial charge < -0.3 is 5.32 Å². The fourth-order valence-corrected chi connectivity index (χ4v) is 3.46. The first kappa shape index (κ1) is 14.3. The molecule has 2 saturated heterocycles. The van der Waals surface area contributed by atoms with Crippen LogP contribution in [0, 0.1) is 0 Å². The smallest absolute Gasteiger partial charge is 0.0223 e. The van der Waals surface area contributed by atoms with E-state index in [0.717, 1.165) is 18.6 Å². The predicted molar refractivity (Wildman–Crippen MR) is 78.0 cm³/mol. The Hall–Kier alpha value is -0.120. The van der Waals surface area contributed by atoms with Gasteiger partial charge in [0.2, 0.25) is 0 Å². The zero-order chi connectivity index (χ0) is 12.8. The van der Waals surface area contributed by atoms with Gasteiger partial charge in [-0.25, -0.2) is 0 Å². The van der Waals surface area contributed by atoms with E-state index in [4.69, 9.17) is 0 Å². The Morgan fingerprint density at radius 3 is 2.94 bits per heavy atom. The molecule has 0 saturated carbocycles. The highest BCUT2D eigenvalue weighted by Crippen LogP contribution is 2.22. The van der Waals surface area contributed by atoms with Gasteiger partial charge in [-0.3, -0.25) is 9.80 Å². The molecule has 0 bridgehead atoms. The molecule has 2 atom stereocenters. The monoisotopic (exact) mass is 253 g/mol. The summed E-state index contributed by atoms with van der Waals surface area (Å²) < 4.78 is 0. The number of hydrogen-bond acceptors (Lipinski definition) is 3. The molecule has 18 heavy (non-hydrogen) atoms. The summed E-state index contributed by atoms with van der Waals surface area (Å²) in [7, 11) is 0. The SMILES string of the molecule is CCNCCCC(C)N1CCN2CCCCC2C1. The molecule has 2 unspecified atom stereocenters. The van der Waals surface area contributed by atoms with Crippen LogP contribution < -0.4 is 5.32 Å². The van der Waals surface area contributed by atoms with E-state index in [1.165, 1.54) is 64.8 Å². The molecule has 0 aromatic heterocycles. The summed E-state index contributed by atoms with van der Waals surface area (Å²) >= 11 is 0. The summed E-state index contributed by atoms with van der Waals surface area (Å²) in [6, 6.07) is 1.64. The van der Waals surface area contributed by atoms with Crippen LogP contribution in [0.5, 0.6) is 0 Å². The molecule has 2 heterocycles. The van der Waals surface area contributed by atoms with Gasteiger partial charge >= 0.3 is 0 Å². The third kappa shape index (κ3) is 3.94. The van der Waals surface area contributed by atoms with Gasteiger partial charge in [-0.05, 0) is 52.2 Å². The van der Waals surface area contributed by atoms with Gasteiger partial charge in [0.05, 0.1) is 0 Å². The van der Waals surface area contributed by atoms with E-state index in [1.54, 1.807) is 0 Å². The molecule has 3 heteroatoms. The van der Waals surface area contributed by atoms with Crippen molar-refractivity contribution in [2.45, 2.75) is 58.0 Å². The Morgan fingerprint density at radius 1 is 1.22 bits per heavy atom. The first-order chi connectivity index (χ1) is 8.81. The summed E-state index contributed by atoms with van der Waals surface area (Å²) in [6.45, 7) is 12.2. The molecular formula is C15H31N3. The summed E-state index contributed by atoms with van der Waals surface area (Å²) in [4.78, 5) is 5.46. The van der Waals surface area contributed by atoms with E-state index < -0.39 is 0 Å². The molecule has 0 aromatic carbocycles. The van der Waals surface area contributed by atoms with Crippen molar-refractivity contribution in [2.24, 2.45) is 0 Å². The van der Waals surface area contributed by atoms with Gasteiger partial charge in [-0.1, -0.05) is 13.3 Å². The standard InChI is InChI=1S/C15H31N3/c1-3-16-9-6-7-14(2)18-12-11-17-10-5-4-8-15(17)13-18/h14-16H,3-13H2,1-2H3. The van der Waals surface area contributed by atoms with Crippen LogP contribution in [0.4, 0.5) is 0 Å². The van der Waals surface area contributed by atoms with Crippen molar-refractivity contribution in [3.63, 3.8) is 0 Å². The molecule has 106 valence electrons. The fraction of sp³-hybridized carbons (Fsp3) is 1.00. The van der Waals surface area contributed by atoms with Crippen LogP contribution >= 0.6 is 0 Å². The lowest BCUT2D eigenvalue weighted by molar-refractivity contribution is 0.0290. The molecule has 0 aromatic rings. The Kier molecular flexibility index (Phi) is 5.93. The number of piperidine rings is 1. The van der Waals surface area contributed by atoms with E-state index in [1.807, 2.05) is 0 Å². The van der Waals surface area contributed by atoms with Gasteiger partial charge in [0.1, 0.15) is 0 Å². The summed E-state index contributed by atoms with van der Waals surface area (Å²) in [5.74, 6) is 0. The number of nitrogens with zero attached hydrogens (tertiary/aromatic N) is 2. The average Bonchev–Trinajstić information content (AvgIpc) is 2.43. The maximum atomic E-state index is 3.43. The van der Waals surface area contributed by atoms with Crippen molar-refractivity contribution in [1.29, 1.82) is 0 Å². The molecule has 0 spiro atoms. The zero-order valence-corrected chi connectivity index (χ0v) is 12.3. The van der Waals surface area contributed by atoms with Crippen LogP contribution in [0.25, 0.3) is 0 Å². The third-order valence-corrected chi connectivity index (χ3v) is 4.72. The van der Waals surface area contributed by atoms with Crippen LogP contribution in [0.1, 0.15) is 46.0 Å². The van der Waals surface area contributed by atoms with Gasteiger partial charge in [-0.2, -0.15) is 0 Å². The minimum Gasteiger partial charge on any atom is -0.317 e. The van der Waals surface area contributed by atoms with Crippen molar-refractivity contribution in [1.82, 2.24) is 15.1 Å². The van der Waals surface area contributed by atoms with Crippen LogP contribution in [-0.4, -0.2) is 61.2 Å². The van der Waals surface area contributed by atoms with Crippen LogP contribution in [0.15, 0.2) is 0 Å². The summed E-state index contributed by atoms with van der Waals surface area (Å²) in [5, 5.41) is 3.43. The van der Waals surface area contributed by atoms with E-state index >= 15 is 0 Å². The number of hydrogen-bond donors (Lipinski definition) is 1. The quantitative estimate of drug-likeness (QED) is 0.730. The minimum atomic E-state index is 0.771. The third-order valence-electron chi connectivity index (χ3n) is 4.72. The maximum absolute atomic E-state index is 3.43.